The maximum absolute atomic E-state index is 9.65. The minimum absolute atomic E-state index is 0.553. The van der Waals surface area contributed by atoms with Crippen LogP contribution in [0.5, 0.6) is 0 Å². The predicted octanol–water partition coefficient (Wildman–Crippen LogP) is 0.831. The summed E-state index contributed by atoms with van der Waals surface area (Å²) in [4.78, 5) is 0. The molecule has 1 saturated heterocycles. The molecule has 0 amide bonds. The molecule has 0 aromatic heterocycles. The Bertz CT molecular complexity index is 182. The second kappa shape index (κ2) is 3.17. The van der Waals surface area contributed by atoms with Crippen molar-refractivity contribution in [3.63, 3.8) is 0 Å². The number of hydrogen-bond acceptors (Lipinski definition) is 3. The zero-order valence-electron chi connectivity index (χ0n) is 7.03. The zero-order chi connectivity index (χ0) is 8.44. The second-order valence-electron chi connectivity index (χ2n) is 3.30. The first-order valence-electron chi connectivity index (χ1n) is 4.46. The van der Waals surface area contributed by atoms with Gasteiger partial charge in [-0.25, -0.2) is 0 Å². The van der Waals surface area contributed by atoms with Crippen molar-refractivity contribution in [2.75, 3.05) is 13.2 Å². The molecule has 68 valence electrons. The van der Waals surface area contributed by atoms with Crippen LogP contribution in [0.1, 0.15) is 19.3 Å². The monoisotopic (exact) mass is 170 g/mol. The summed E-state index contributed by atoms with van der Waals surface area (Å²) < 4.78 is 11.0. The van der Waals surface area contributed by atoms with Crippen molar-refractivity contribution in [3.05, 3.63) is 12.2 Å². The average molecular weight is 170 g/mol. The van der Waals surface area contributed by atoms with Crippen LogP contribution in [0.4, 0.5) is 0 Å². The standard InChI is InChI=1S/C9H14O3/c10-8-4-3-7-12-9(8)5-1-2-6-11-9/h3-4,8,10H,1-2,5-7H2/t8-,9-/m1/s1. The van der Waals surface area contributed by atoms with E-state index in [1.807, 2.05) is 6.08 Å². The lowest BCUT2D eigenvalue weighted by molar-refractivity contribution is -0.289. The van der Waals surface area contributed by atoms with Gasteiger partial charge in [0.15, 0.2) is 5.79 Å². The molecule has 0 bridgehead atoms. The van der Waals surface area contributed by atoms with Gasteiger partial charge in [-0.15, -0.1) is 0 Å². The molecule has 2 atom stereocenters. The highest BCUT2D eigenvalue weighted by molar-refractivity contribution is 5.02. The van der Waals surface area contributed by atoms with Crippen LogP contribution in [0.3, 0.4) is 0 Å². The number of hydrogen-bond donors (Lipinski definition) is 1. The van der Waals surface area contributed by atoms with Gasteiger partial charge in [0.2, 0.25) is 0 Å². The molecule has 2 aliphatic rings. The predicted molar refractivity (Wildman–Crippen MR) is 43.6 cm³/mol. The fraction of sp³-hybridized carbons (Fsp3) is 0.778. The molecule has 0 radical (unpaired) electrons. The van der Waals surface area contributed by atoms with E-state index in [9.17, 15) is 5.11 Å². The van der Waals surface area contributed by atoms with E-state index in [2.05, 4.69) is 0 Å². The molecule has 3 heteroatoms. The van der Waals surface area contributed by atoms with Gasteiger partial charge in [0.05, 0.1) is 13.2 Å². The lowest BCUT2D eigenvalue weighted by atomic mass is 9.98. The fourth-order valence-corrected chi connectivity index (χ4v) is 1.74. The molecule has 0 unspecified atom stereocenters. The van der Waals surface area contributed by atoms with Crippen LogP contribution in [0.2, 0.25) is 0 Å². The van der Waals surface area contributed by atoms with E-state index in [1.165, 1.54) is 0 Å². The minimum Gasteiger partial charge on any atom is -0.383 e. The topological polar surface area (TPSA) is 38.7 Å². The van der Waals surface area contributed by atoms with E-state index in [0.29, 0.717) is 13.2 Å². The van der Waals surface area contributed by atoms with Gasteiger partial charge < -0.3 is 14.6 Å². The molecule has 3 nitrogen and oxygen atoms in total. The summed E-state index contributed by atoms with van der Waals surface area (Å²) in [5.74, 6) is -0.715. The van der Waals surface area contributed by atoms with Gasteiger partial charge in [0, 0.05) is 6.42 Å². The molecule has 2 aliphatic heterocycles. The van der Waals surface area contributed by atoms with Crippen LogP contribution in [0.15, 0.2) is 12.2 Å². The molecule has 2 heterocycles. The lowest BCUT2D eigenvalue weighted by Crippen LogP contribution is -2.50. The maximum Gasteiger partial charge on any atom is 0.198 e. The van der Waals surface area contributed by atoms with Crippen LogP contribution in [0, 0.1) is 0 Å². The Kier molecular flexibility index (Phi) is 2.17. The van der Waals surface area contributed by atoms with Crippen molar-refractivity contribution >= 4 is 0 Å². The summed E-state index contributed by atoms with van der Waals surface area (Å²) in [5, 5.41) is 9.65. The highest BCUT2D eigenvalue weighted by Gasteiger charge is 2.41. The van der Waals surface area contributed by atoms with Crippen molar-refractivity contribution in [1.29, 1.82) is 0 Å². The lowest BCUT2D eigenvalue weighted by Gasteiger charge is -2.40. The Labute approximate surface area is 72.0 Å². The average Bonchev–Trinajstić information content (AvgIpc) is 2.12. The van der Waals surface area contributed by atoms with Crippen LogP contribution in [0.25, 0.3) is 0 Å². The zero-order valence-corrected chi connectivity index (χ0v) is 7.03. The molecule has 2 rings (SSSR count). The largest absolute Gasteiger partial charge is 0.383 e. The summed E-state index contributed by atoms with van der Waals surface area (Å²) in [7, 11) is 0. The highest BCUT2D eigenvalue weighted by atomic mass is 16.7. The SMILES string of the molecule is O[C@@H]1C=CCO[C@]12CCCCO2. The van der Waals surface area contributed by atoms with Crippen molar-refractivity contribution in [3.8, 4) is 0 Å². The van der Waals surface area contributed by atoms with Gasteiger partial charge in [0.25, 0.3) is 0 Å². The number of ether oxygens (including phenoxy) is 2. The van der Waals surface area contributed by atoms with E-state index in [-0.39, 0.29) is 0 Å². The number of rotatable bonds is 0. The number of aliphatic hydroxyl groups excluding tert-OH is 1. The van der Waals surface area contributed by atoms with Crippen LogP contribution < -0.4 is 0 Å². The quantitative estimate of drug-likeness (QED) is 0.547. The van der Waals surface area contributed by atoms with Gasteiger partial charge in [-0.1, -0.05) is 12.2 Å². The summed E-state index contributed by atoms with van der Waals surface area (Å²) in [6.07, 6.45) is 5.94. The molecule has 12 heavy (non-hydrogen) atoms. The molecular weight excluding hydrogens is 156 g/mol. The molecule has 0 aromatic carbocycles. The maximum atomic E-state index is 9.65. The molecular formula is C9H14O3. The van der Waals surface area contributed by atoms with E-state index in [0.717, 1.165) is 19.3 Å². The van der Waals surface area contributed by atoms with Crippen LogP contribution in [-0.4, -0.2) is 30.2 Å². The second-order valence-corrected chi connectivity index (χ2v) is 3.30. The normalized spacial score (nSPS) is 41.9. The first-order chi connectivity index (χ1) is 5.83. The Morgan fingerprint density at radius 3 is 2.92 bits per heavy atom. The Morgan fingerprint density at radius 1 is 1.33 bits per heavy atom. The third-order valence-electron chi connectivity index (χ3n) is 2.46. The number of aliphatic hydroxyl groups is 1. The third kappa shape index (κ3) is 1.28. The van der Waals surface area contributed by atoms with Crippen molar-refractivity contribution in [2.24, 2.45) is 0 Å². The Balaban J connectivity index is 2.11. The van der Waals surface area contributed by atoms with Crippen LogP contribution in [-0.2, 0) is 9.47 Å². The van der Waals surface area contributed by atoms with Gasteiger partial charge in [-0.3, -0.25) is 0 Å². The molecule has 1 fully saturated rings. The highest BCUT2D eigenvalue weighted by Crippen LogP contribution is 2.32. The first-order valence-corrected chi connectivity index (χ1v) is 4.46. The Hall–Kier alpha value is -0.380. The van der Waals surface area contributed by atoms with E-state index >= 15 is 0 Å². The van der Waals surface area contributed by atoms with Crippen LogP contribution >= 0.6 is 0 Å². The fourth-order valence-electron chi connectivity index (χ4n) is 1.74. The molecule has 0 aliphatic carbocycles. The molecule has 0 aromatic rings. The van der Waals surface area contributed by atoms with Gasteiger partial charge >= 0.3 is 0 Å². The van der Waals surface area contributed by atoms with Crippen molar-refractivity contribution < 1.29 is 14.6 Å². The summed E-state index contributed by atoms with van der Waals surface area (Å²) in [6.45, 7) is 1.25. The summed E-state index contributed by atoms with van der Waals surface area (Å²) in [6, 6.07) is 0. The van der Waals surface area contributed by atoms with E-state index < -0.39 is 11.9 Å². The van der Waals surface area contributed by atoms with E-state index in [4.69, 9.17) is 9.47 Å². The third-order valence-corrected chi connectivity index (χ3v) is 2.46. The smallest absolute Gasteiger partial charge is 0.198 e. The van der Waals surface area contributed by atoms with Crippen molar-refractivity contribution in [1.82, 2.24) is 0 Å². The first kappa shape index (κ1) is 8.23. The summed E-state index contributed by atoms with van der Waals surface area (Å²) >= 11 is 0. The molecule has 1 N–H and O–H groups in total. The minimum atomic E-state index is -0.715. The van der Waals surface area contributed by atoms with E-state index in [1.54, 1.807) is 6.08 Å². The molecule has 0 saturated carbocycles. The Morgan fingerprint density at radius 2 is 2.25 bits per heavy atom. The molecule has 1 spiro atoms. The van der Waals surface area contributed by atoms with Crippen molar-refractivity contribution in [2.45, 2.75) is 31.2 Å². The van der Waals surface area contributed by atoms with Gasteiger partial charge in [-0.05, 0) is 12.8 Å². The van der Waals surface area contributed by atoms with Gasteiger partial charge in [0.1, 0.15) is 6.10 Å². The summed E-state index contributed by atoms with van der Waals surface area (Å²) in [5.41, 5.74) is 0. The van der Waals surface area contributed by atoms with Gasteiger partial charge in [-0.2, -0.15) is 0 Å².